The lowest BCUT2D eigenvalue weighted by atomic mass is 10.1. The highest BCUT2D eigenvalue weighted by Gasteiger charge is 2.17. The van der Waals surface area contributed by atoms with E-state index in [0.717, 1.165) is 5.56 Å². The largest absolute Gasteiger partial charge is 0.493 e. The van der Waals surface area contributed by atoms with Crippen molar-refractivity contribution in [2.45, 2.75) is 13.8 Å². The number of benzene rings is 1. The molecule has 1 aromatic rings. The van der Waals surface area contributed by atoms with Crippen LogP contribution in [0.1, 0.15) is 19.4 Å². The van der Waals surface area contributed by atoms with Gasteiger partial charge in [-0.25, -0.2) is 0 Å². The molecule has 0 atom stereocenters. The Morgan fingerprint density at radius 3 is 2.86 bits per heavy atom. The lowest BCUT2D eigenvalue weighted by Crippen LogP contribution is -2.25. The van der Waals surface area contributed by atoms with Crippen molar-refractivity contribution in [2.24, 2.45) is 5.92 Å². The number of carbonyl (C=O) groups excluding carboxylic acids is 1. The Morgan fingerprint density at radius 1 is 1.38 bits per heavy atom. The van der Waals surface area contributed by atoms with Crippen molar-refractivity contribution >= 4 is 12.0 Å². The SMILES string of the molecule is COc1cc(/C=C/C(=O)NCC(C)C)cc2c1OCCO2. The molecule has 0 fully saturated rings. The summed E-state index contributed by atoms with van der Waals surface area (Å²) in [4.78, 5) is 11.7. The average molecular weight is 291 g/mol. The summed E-state index contributed by atoms with van der Waals surface area (Å²) in [6.07, 6.45) is 3.24. The van der Waals surface area contributed by atoms with Crippen molar-refractivity contribution in [1.29, 1.82) is 0 Å². The second-order valence-electron chi connectivity index (χ2n) is 5.22. The van der Waals surface area contributed by atoms with Gasteiger partial charge < -0.3 is 19.5 Å². The number of hydrogen-bond acceptors (Lipinski definition) is 4. The lowest BCUT2D eigenvalue weighted by Gasteiger charge is -2.20. The van der Waals surface area contributed by atoms with E-state index in [1.807, 2.05) is 12.1 Å². The minimum atomic E-state index is -0.113. The predicted octanol–water partition coefficient (Wildman–Crippen LogP) is 2.25. The Labute approximate surface area is 124 Å². The van der Waals surface area contributed by atoms with Gasteiger partial charge in [0, 0.05) is 12.6 Å². The van der Waals surface area contributed by atoms with Crippen LogP contribution < -0.4 is 19.5 Å². The first kappa shape index (κ1) is 15.2. The molecule has 1 heterocycles. The van der Waals surface area contributed by atoms with Gasteiger partial charge >= 0.3 is 0 Å². The fraction of sp³-hybridized carbons (Fsp3) is 0.438. The summed E-state index contributed by atoms with van der Waals surface area (Å²) in [6.45, 7) is 5.79. The minimum absolute atomic E-state index is 0.113. The van der Waals surface area contributed by atoms with Crippen LogP contribution in [0, 0.1) is 5.92 Å². The predicted molar refractivity (Wildman–Crippen MR) is 80.9 cm³/mol. The Hall–Kier alpha value is -2.17. The van der Waals surface area contributed by atoms with Crippen LogP contribution in [-0.4, -0.2) is 32.8 Å². The number of hydrogen-bond donors (Lipinski definition) is 1. The molecule has 0 unspecified atom stereocenters. The number of nitrogens with one attached hydrogen (secondary N) is 1. The van der Waals surface area contributed by atoms with Gasteiger partial charge in [-0.2, -0.15) is 0 Å². The van der Waals surface area contributed by atoms with E-state index in [9.17, 15) is 4.79 Å². The van der Waals surface area contributed by atoms with E-state index >= 15 is 0 Å². The third kappa shape index (κ3) is 4.15. The molecule has 114 valence electrons. The van der Waals surface area contributed by atoms with E-state index in [1.165, 1.54) is 6.08 Å². The summed E-state index contributed by atoms with van der Waals surface area (Å²) < 4.78 is 16.4. The van der Waals surface area contributed by atoms with Crippen LogP contribution in [0.25, 0.3) is 6.08 Å². The van der Waals surface area contributed by atoms with Gasteiger partial charge in [0.05, 0.1) is 7.11 Å². The Kier molecular flexibility index (Phi) is 5.09. The average Bonchev–Trinajstić information content (AvgIpc) is 2.49. The van der Waals surface area contributed by atoms with Gasteiger partial charge in [0.1, 0.15) is 13.2 Å². The second-order valence-corrected chi connectivity index (χ2v) is 5.22. The van der Waals surface area contributed by atoms with E-state index in [-0.39, 0.29) is 5.91 Å². The van der Waals surface area contributed by atoms with Crippen LogP contribution in [0.5, 0.6) is 17.2 Å². The molecule has 5 nitrogen and oxygen atoms in total. The maximum absolute atomic E-state index is 11.7. The summed E-state index contributed by atoms with van der Waals surface area (Å²) in [5.74, 6) is 2.18. The molecule has 0 radical (unpaired) electrons. The van der Waals surface area contributed by atoms with Crippen LogP contribution >= 0.6 is 0 Å². The second kappa shape index (κ2) is 7.02. The van der Waals surface area contributed by atoms with E-state index in [2.05, 4.69) is 19.2 Å². The smallest absolute Gasteiger partial charge is 0.244 e. The monoisotopic (exact) mass is 291 g/mol. The van der Waals surface area contributed by atoms with E-state index < -0.39 is 0 Å². The molecule has 0 saturated heterocycles. The van der Waals surface area contributed by atoms with Gasteiger partial charge in [-0.3, -0.25) is 4.79 Å². The molecule has 21 heavy (non-hydrogen) atoms. The Balaban J connectivity index is 2.11. The number of fused-ring (bicyclic) bond motifs is 1. The van der Waals surface area contributed by atoms with Gasteiger partial charge in [-0.1, -0.05) is 13.8 Å². The molecule has 1 N–H and O–H groups in total. The van der Waals surface area contributed by atoms with Crippen molar-refractivity contribution in [1.82, 2.24) is 5.32 Å². The van der Waals surface area contributed by atoms with Crippen molar-refractivity contribution in [3.63, 3.8) is 0 Å². The molecule has 2 rings (SSSR count). The van der Waals surface area contributed by atoms with Crippen molar-refractivity contribution in [3.05, 3.63) is 23.8 Å². The number of methoxy groups -OCH3 is 1. The van der Waals surface area contributed by atoms with E-state index in [0.29, 0.717) is 42.9 Å². The third-order valence-corrected chi connectivity index (χ3v) is 2.96. The highest BCUT2D eigenvalue weighted by molar-refractivity contribution is 5.91. The maximum Gasteiger partial charge on any atom is 0.244 e. The molecule has 1 amide bonds. The Bertz CT molecular complexity index is 520. The molecule has 1 aromatic carbocycles. The summed E-state index contributed by atoms with van der Waals surface area (Å²) in [7, 11) is 1.58. The lowest BCUT2D eigenvalue weighted by molar-refractivity contribution is -0.116. The molecule has 1 aliphatic heterocycles. The maximum atomic E-state index is 11.7. The molecule has 1 aliphatic rings. The fourth-order valence-corrected chi connectivity index (χ4v) is 1.93. The fourth-order valence-electron chi connectivity index (χ4n) is 1.93. The first-order valence-electron chi connectivity index (χ1n) is 7.03. The van der Waals surface area contributed by atoms with E-state index in [1.54, 1.807) is 13.2 Å². The first-order valence-corrected chi connectivity index (χ1v) is 7.03. The van der Waals surface area contributed by atoms with Crippen molar-refractivity contribution < 1.29 is 19.0 Å². The minimum Gasteiger partial charge on any atom is -0.493 e. The normalized spacial score (nSPS) is 13.5. The van der Waals surface area contributed by atoms with Gasteiger partial charge in [0.2, 0.25) is 11.7 Å². The quantitative estimate of drug-likeness (QED) is 0.845. The van der Waals surface area contributed by atoms with Gasteiger partial charge in [0.15, 0.2) is 11.5 Å². The molecule has 0 spiro atoms. The Morgan fingerprint density at radius 2 is 2.14 bits per heavy atom. The van der Waals surface area contributed by atoms with Crippen LogP contribution in [0.15, 0.2) is 18.2 Å². The summed E-state index contributed by atoms with van der Waals surface area (Å²) in [6, 6.07) is 3.66. The topological polar surface area (TPSA) is 56.8 Å². The number of amides is 1. The molecule has 0 aliphatic carbocycles. The molecule has 0 aromatic heterocycles. The highest BCUT2D eigenvalue weighted by atomic mass is 16.6. The zero-order valence-electron chi connectivity index (χ0n) is 12.6. The van der Waals surface area contributed by atoms with Crippen LogP contribution in [0.2, 0.25) is 0 Å². The zero-order chi connectivity index (χ0) is 15.2. The molecule has 0 bridgehead atoms. The summed E-state index contributed by atoms with van der Waals surface area (Å²) in [5, 5.41) is 2.83. The number of carbonyl (C=O) groups is 1. The van der Waals surface area contributed by atoms with Crippen molar-refractivity contribution in [3.8, 4) is 17.2 Å². The third-order valence-electron chi connectivity index (χ3n) is 2.96. The summed E-state index contributed by atoms with van der Waals surface area (Å²) >= 11 is 0. The van der Waals surface area contributed by atoms with Crippen LogP contribution in [-0.2, 0) is 4.79 Å². The zero-order valence-corrected chi connectivity index (χ0v) is 12.6. The van der Waals surface area contributed by atoms with Crippen LogP contribution in [0.3, 0.4) is 0 Å². The molecule has 0 saturated carbocycles. The molecular formula is C16H21NO4. The van der Waals surface area contributed by atoms with Crippen LogP contribution in [0.4, 0.5) is 0 Å². The molecule has 5 heteroatoms. The van der Waals surface area contributed by atoms with Gasteiger partial charge in [0.25, 0.3) is 0 Å². The van der Waals surface area contributed by atoms with Crippen molar-refractivity contribution in [2.75, 3.05) is 26.9 Å². The standard InChI is InChI=1S/C16H21NO4/c1-11(2)10-17-15(18)5-4-12-8-13(19-3)16-14(9-12)20-6-7-21-16/h4-5,8-9,11H,6-7,10H2,1-3H3,(H,17,18)/b5-4+. The number of rotatable bonds is 5. The highest BCUT2D eigenvalue weighted by Crippen LogP contribution is 2.40. The molecular weight excluding hydrogens is 270 g/mol. The van der Waals surface area contributed by atoms with Gasteiger partial charge in [-0.05, 0) is 29.7 Å². The number of ether oxygens (including phenoxy) is 3. The van der Waals surface area contributed by atoms with Gasteiger partial charge in [-0.15, -0.1) is 0 Å². The summed E-state index contributed by atoms with van der Waals surface area (Å²) in [5.41, 5.74) is 0.829. The first-order chi connectivity index (χ1) is 10.1. The van der Waals surface area contributed by atoms with E-state index in [4.69, 9.17) is 14.2 Å².